The van der Waals surface area contributed by atoms with Crippen molar-refractivity contribution < 1.29 is 75.4 Å². The van der Waals surface area contributed by atoms with Crippen molar-refractivity contribution in [2.24, 2.45) is 0 Å². The minimum Gasteiger partial charge on any atom is -0.475 e. The quantitative estimate of drug-likeness (QED) is 0.0434. The van der Waals surface area contributed by atoms with E-state index in [2.05, 4.69) is 44.9 Å². The smallest absolute Gasteiger partial charge is 0.213 e. The van der Waals surface area contributed by atoms with Gasteiger partial charge in [0.15, 0.2) is 0 Å². The van der Waals surface area contributed by atoms with Crippen LogP contribution in [0, 0.1) is 0 Å². The molecule has 77 heavy (non-hydrogen) atoms. The third-order valence-electron chi connectivity index (χ3n) is 10.6. The fraction of sp³-hybridized carbons (Fsp3) is 0.544. The van der Waals surface area contributed by atoms with Crippen LogP contribution >= 0.6 is 0 Å². The number of ether oxygens (including phenoxy) is 15. The molecule has 0 saturated carbocycles. The highest BCUT2D eigenvalue weighted by Gasteiger charge is 2.10. The summed E-state index contributed by atoms with van der Waals surface area (Å²) in [5.74, 6) is 1.10. The summed E-state index contributed by atoms with van der Waals surface area (Å²) in [5.41, 5.74) is 6.35. The Kier molecular flexibility index (Phi) is 38.3. The minimum absolute atomic E-state index is 0.0312. The van der Waals surface area contributed by atoms with E-state index in [1.54, 1.807) is 12.4 Å². The Balaban J connectivity index is 0.806. The molecule has 0 radical (unpaired) electrons. The van der Waals surface area contributed by atoms with Crippen molar-refractivity contribution in [3.05, 3.63) is 107 Å². The van der Waals surface area contributed by atoms with Crippen LogP contribution in [0.25, 0.3) is 24.3 Å². The molecule has 4 rings (SSSR count). The van der Waals surface area contributed by atoms with E-state index in [0.717, 1.165) is 33.6 Å². The predicted molar refractivity (Wildman–Crippen MR) is 295 cm³/mol. The average Bonchev–Trinajstić information content (AvgIpc) is 3.47. The van der Waals surface area contributed by atoms with Gasteiger partial charge in [0.2, 0.25) is 11.8 Å². The van der Waals surface area contributed by atoms with E-state index in [4.69, 9.17) is 71.1 Å². The molecule has 2 aromatic heterocycles. The monoisotopic (exact) mass is 1080 g/mol. The van der Waals surface area contributed by atoms with Gasteiger partial charge in [0, 0.05) is 50.0 Å². The molecule has 0 spiro atoms. The maximum Gasteiger partial charge on any atom is 0.213 e. The number of nitrogens with one attached hydrogen (secondary N) is 2. The van der Waals surface area contributed by atoms with E-state index in [9.17, 15) is 4.39 Å². The molecule has 0 amide bonds. The number of hydrogen-bond acceptors (Lipinski definition) is 19. The molecule has 0 atom stereocenters. The van der Waals surface area contributed by atoms with Gasteiger partial charge >= 0.3 is 0 Å². The SMILES string of the molecule is CNc1ccc(/C=C/c2ccc(OCCOCCOCCOCCOCCOCCOCC(COCCOCCOCCOCCOCCOCCOc3ccc(/C=C/c4ccc(NC)cc4)cn3)OCCF)nc2)cc1. The Morgan fingerprint density at radius 3 is 0.896 bits per heavy atom. The normalized spacial score (nSPS) is 11.6. The fourth-order valence-corrected chi connectivity index (χ4v) is 6.45. The second kappa shape index (κ2) is 45.8. The number of pyridine rings is 2. The molecule has 2 aromatic carbocycles. The lowest BCUT2D eigenvalue weighted by Crippen LogP contribution is -2.28. The standard InChI is InChI=1S/C57H83FN4O15/c1-59-53-13-7-49(8-14-53)3-5-51-11-17-56(61-45-51)76-43-41-71-35-33-67-27-25-63-21-23-65-29-31-69-37-39-73-47-55(75-20-19-58)48-74-40-38-70-32-30-66-24-22-64-26-28-68-34-36-72-42-44-77-57-18-12-52(46-62-57)6-4-50-9-15-54(60-2)16-10-50/h3-18,45-46,55,59-60H,19-44,47-48H2,1-2H3/b5-3+,6-4+. The number of halogens is 1. The lowest BCUT2D eigenvalue weighted by atomic mass is 10.1. The molecule has 0 aliphatic heterocycles. The number of alkyl halides is 1. The Labute approximate surface area is 454 Å². The molecule has 0 aliphatic rings. The molecule has 428 valence electrons. The van der Waals surface area contributed by atoms with Crippen molar-refractivity contribution in [1.82, 2.24) is 9.97 Å². The van der Waals surface area contributed by atoms with Crippen molar-refractivity contribution >= 4 is 35.7 Å². The molecule has 0 unspecified atom stereocenters. The molecule has 0 bridgehead atoms. The summed E-state index contributed by atoms with van der Waals surface area (Å²) in [6.07, 6.45) is 11.3. The molecule has 4 aromatic rings. The van der Waals surface area contributed by atoms with E-state index in [1.165, 1.54) is 0 Å². The summed E-state index contributed by atoms with van der Waals surface area (Å²) in [4.78, 5) is 8.72. The number of benzene rings is 2. The first kappa shape index (κ1) is 64.4. The summed E-state index contributed by atoms with van der Waals surface area (Å²) in [6, 6.07) is 24.0. The highest BCUT2D eigenvalue weighted by atomic mass is 19.1. The van der Waals surface area contributed by atoms with Crippen LogP contribution in [-0.2, 0) is 61.6 Å². The average molecular weight is 1080 g/mol. The van der Waals surface area contributed by atoms with Crippen LogP contribution in [0.3, 0.4) is 0 Å². The maximum atomic E-state index is 12.8. The van der Waals surface area contributed by atoms with Gasteiger partial charge in [-0.2, -0.15) is 0 Å². The summed E-state index contributed by atoms with van der Waals surface area (Å²) >= 11 is 0. The van der Waals surface area contributed by atoms with Gasteiger partial charge in [-0.15, -0.1) is 0 Å². The minimum atomic E-state index is -0.590. The van der Waals surface area contributed by atoms with Crippen molar-refractivity contribution in [2.45, 2.75) is 6.10 Å². The fourth-order valence-electron chi connectivity index (χ4n) is 6.45. The van der Waals surface area contributed by atoms with E-state index in [1.807, 2.05) is 86.9 Å². The zero-order valence-corrected chi connectivity index (χ0v) is 45.2. The Hall–Kier alpha value is -5.17. The molecule has 0 fully saturated rings. The molecule has 2 heterocycles. The van der Waals surface area contributed by atoms with Crippen molar-refractivity contribution in [2.75, 3.05) is 210 Å². The van der Waals surface area contributed by atoms with Gasteiger partial charge in [-0.1, -0.05) is 48.6 Å². The van der Waals surface area contributed by atoms with Gasteiger partial charge < -0.3 is 81.7 Å². The molecule has 0 saturated heterocycles. The molecular formula is C57H83FN4O15. The van der Waals surface area contributed by atoms with Crippen LogP contribution in [0.4, 0.5) is 15.8 Å². The second-order valence-corrected chi connectivity index (χ2v) is 16.4. The number of aromatic nitrogens is 2. The highest BCUT2D eigenvalue weighted by Crippen LogP contribution is 2.15. The largest absolute Gasteiger partial charge is 0.475 e. The summed E-state index contributed by atoms with van der Waals surface area (Å²) in [5, 5.41) is 6.23. The molecule has 0 aliphatic carbocycles. The first-order valence-electron chi connectivity index (χ1n) is 26.3. The summed E-state index contributed by atoms with van der Waals surface area (Å²) < 4.78 is 96.5. The molecule has 20 heteroatoms. The van der Waals surface area contributed by atoms with Gasteiger partial charge in [0.25, 0.3) is 0 Å². The van der Waals surface area contributed by atoms with Crippen LogP contribution < -0.4 is 20.1 Å². The summed E-state index contributed by atoms with van der Waals surface area (Å²) in [6.45, 7) is 10.2. The van der Waals surface area contributed by atoms with Crippen molar-refractivity contribution in [3.8, 4) is 11.8 Å². The third-order valence-corrected chi connectivity index (χ3v) is 10.6. The van der Waals surface area contributed by atoms with Gasteiger partial charge in [-0.05, 0) is 58.7 Å². The molecule has 19 nitrogen and oxygen atoms in total. The van der Waals surface area contributed by atoms with Crippen LogP contribution in [-0.4, -0.2) is 215 Å². The van der Waals surface area contributed by atoms with E-state index in [-0.39, 0.29) is 19.8 Å². The summed E-state index contributed by atoms with van der Waals surface area (Å²) in [7, 11) is 3.80. The van der Waals surface area contributed by atoms with Crippen LogP contribution in [0.2, 0.25) is 0 Å². The molecule has 2 N–H and O–H groups in total. The Bertz CT molecular complexity index is 1880. The van der Waals surface area contributed by atoms with Crippen molar-refractivity contribution in [1.29, 1.82) is 0 Å². The number of rotatable bonds is 51. The highest BCUT2D eigenvalue weighted by molar-refractivity contribution is 5.71. The molecular weight excluding hydrogens is 1000 g/mol. The lowest BCUT2D eigenvalue weighted by molar-refractivity contribution is -0.0779. The zero-order chi connectivity index (χ0) is 54.2. The van der Waals surface area contributed by atoms with Crippen LogP contribution in [0.1, 0.15) is 22.3 Å². The van der Waals surface area contributed by atoms with Crippen LogP contribution in [0.15, 0.2) is 85.2 Å². The van der Waals surface area contributed by atoms with Crippen molar-refractivity contribution in [3.63, 3.8) is 0 Å². The maximum absolute atomic E-state index is 12.8. The van der Waals surface area contributed by atoms with E-state index < -0.39 is 12.8 Å². The number of nitrogens with zero attached hydrogens (tertiary/aromatic N) is 2. The third kappa shape index (κ3) is 34.4. The lowest BCUT2D eigenvalue weighted by Gasteiger charge is -2.17. The number of anilines is 2. The van der Waals surface area contributed by atoms with E-state index in [0.29, 0.717) is 170 Å². The predicted octanol–water partition coefficient (Wildman–Crippen LogP) is 6.91. The first-order valence-corrected chi connectivity index (χ1v) is 26.3. The zero-order valence-electron chi connectivity index (χ0n) is 45.2. The van der Waals surface area contributed by atoms with E-state index >= 15 is 0 Å². The van der Waals surface area contributed by atoms with Gasteiger partial charge in [-0.3, -0.25) is 0 Å². The Morgan fingerprint density at radius 2 is 0.623 bits per heavy atom. The van der Waals surface area contributed by atoms with Gasteiger partial charge in [0.1, 0.15) is 26.0 Å². The van der Waals surface area contributed by atoms with Crippen LogP contribution in [0.5, 0.6) is 11.8 Å². The second-order valence-electron chi connectivity index (χ2n) is 16.4. The topological polar surface area (TPSA) is 188 Å². The first-order chi connectivity index (χ1) is 38.1. The number of hydrogen-bond donors (Lipinski definition) is 2. The Morgan fingerprint density at radius 1 is 0.351 bits per heavy atom. The van der Waals surface area contributed by atoms with Gasteiger partial charge in [0.05, 0.1) is 165 Å². The van der Waals surface area contributed by atoms with Gasteiger partial charge in [-0.25, -0.2) is 14.4 Å².